The number of rotatable bonds is 1. The molecule has 0 heterocycles. The highest BCUT2D eigenvalue weighted by molar-refractivity contribution is 6.46. The molecular formula is C7H4Cl3NO2. The van der Waals surface area contributed by atoms with Crippen molar-refractivity contribution in [2.24, 2.45) is 0 Å². The van der Waals surface area contributed by atoms with Gasteiger partial charge in [-0.15, -0.1) is 0 Å². The molecule has 0 saturated carbocycles. The van der Waals surface area contributed by atoms with Gasteiger partial charge in [-0.1, -0.05) is 34.8 Å². The Hall–Kier alpha value is -0.640. The van der Waals surface area contributed by atoms with Gasteiger partial charge in [0.2, 0.25) is 0 Å². The number of nitrogen functional groups attached to an aromatic ring is 1. The molecule has 0 bridgehead atoms. The first-order valence-electron chi connectivity index (χ1n) is 3.11. The Balaban J connectivity index is 3.53. The molecule has 0 saturated heterocycles. The molecule has 3 nitrogen and oxygen atoms in total. The lowest BCUT2D eigenvalue weighted by Gasteiger charge is -2.06. The van der Waals surface area contributed by atoms with E-state index < -0.39 is 5.97 Å². The summed E-state index contributed by atoms with van der Waals surface area (Å²) in [4.78, 5) is 10.6. The Labute approximate surface area is 89.0 Å². The van der Waals surface area contributed by atoms with Crippen molar-refractivity contribution in [1.29, 1.82) is 0 Å². The molecule has 1 aromatic carbocycles. The summed E-state index contributed by atoms with van der Waals surface area (Å²) in [6.07, 6.45) is 0. The lowest BCUT2D eigenvalue weighted by molar-refractivity contribution is 0.0698. The third kappa shape index (κ3) is 1.82. The Bertz CT molecular complexity index is 378. The topological polar surface area (TPSA) is 63.3 Å². The Morgan fingerprint density at radius 3 is 2.31 bits per heavy atom. The lowest BCUT2D eigenvalue weighted by atomic mass is 10.2. The van der Waals surface area contributed by atoms with Gasteiger partial charge in [0.05, 0.1) is 20.8 Å². The minimum absolute atomic E-state index is 0.00321. The fourth-order valence-electron chi connectivity index (χ4n) is 0.831. The molecule has 0 fully saturated rings. The molecule has 0 unspecified atom stereocenters. The molecule has 0 aliphatic rings. The van der Waals surface area contributed by atoms with Crippen molar-refractivity contribution in [1.82, 2.24) is 0 Å². The van der Waals surface area contributed by atoms with Crippen LogP contribution < -0.4 is 5.73 Å². The van der Waals surface area contributed by atoms with E-state index in [-0.39, 0.29) is 26.3 Å². The molecule has 6 heteroatoms. The number of aromatic carboxylic acids is 1. The molecule has 0 aliphatic heterocycles. The van der Waals surface area contributed by atoms with Gasteiger partial charge in [0.25, 0.3) is 0 Å². The van der Waals surface area contributed by atoms with E-state index in [1.54, 1.807) is 0 Å². The van der Waals surface area contributed by atoms with Crippen LogP contribution in [0.15, 0.2) is 6.07 Å². The molecule has 0 atom stereocenters. The van der Waals surface area contributed by atoms with Gasteiger partial charge in [0.1, 0.15) is 5.56 Å². The van der Waals surface area contributed by atoms with E-state index in [0.29, 0.717) is 0 Å². The predicted octanol–water partition coefficient (Wildman–Crippen LogP) is 2.93. The zero-order valence-corrected chi connectivity index (χ0v) is 8.41. The number of nitrogens with two attached hydrogens (primary N) is 1. The van der Waals surface area contributed by atoms with Crippen molar-refractivity contribution >= 4 is 46.5 Å². The van der Waals surface area contributed by atoms with Gasteiger partial charge in [-0.2, -0.15) is 0 Å². The molecule has 13 heavy (non-hydrogen) atoms. The van der Waals surface area contributed by atoms with Gasteiger partial charge < -0.3 is 10.8 Å². The number of halogens is 3. The molecule has 0 aromatic heterocycles. The van der Waals surface area contributed by atoms with E-state index in [1.165, 1.54) is 6.07 Å². The predicted molar refractivity (Wildman–Crippen MR) is 52.8 cm³/mol. The summed E-state index contributed by atoms with van der Waals surface area (Å²) in [5, 5.41) is 8.80. The number of carboxylic acid groups (broad SMARTS) is 1. The van der Waals surface area contributed by atoms with Crippen LogP contribution in [0, 0.1) is 0 Å². The molecule has 0 spiro atoms. The fourth-order valence-corrected chi connectivity index (χ4v) is 1.54. The Kier molecular flexibility index (Phi) is 2.91. The number of hydrogen-bond donors (Lipinski definition) is 2. The first-order valence-corrected chi connectivity index (χ1v) is 4.24. The van der Waals surface area contributed by atoms with Crippen LogP contribution in [0.25, 0.3) is 0 Å². The maximum atomic E-state index is 10.6. The lowest BCUT2D eigenvalue weighted by Crippen LogP contribution is -2.04. The number of benzene rings is 1. The summed E-state index contributed by atoms with van der Waals surface area (Å²) < 4.78 is 0. The van der Waals surface area contributed by atoms with Gasteiger partial charge >= 0.3 is 5.97 Å². The minimum Gasteiger partial charge on any atom is -0.478 e. The number of anilines is 1. The maximum Gasteiger partial charge on any atom is 0.339 e. The van der Waals surface area contributed by atoms with Gasteiger partial charge in [0, 0.05) is 0 Å². The van der Waals surface area contributed by atoms with Crippen LogP contribution in [0.1, 0.15) is 10.4 Å². The molecule has 0 amide bonds. The fraction of sp³-hybridized carbons (Fsp3) is 0. The summed E-state index contributed by atoms with van der Waals surface area (Å²) in [6.45, 7) is 0. The van der Waals surface area contributed by atoms with Crippen LogP contribution >= 0.6 is 34.8 Å². The zero-order chi connectivity index (χ0) is 10.2. The van der Waals surface area contributed by atoms with Crippen LogP contribution in [0.2, 0.25) is 15.1 Å². The third-order valence-corrected chi connectivity index (χ3v) is 2.52. The molecule has 0 radical (unpaired) electrons. The molecule has 1 rings (SSSR count). The number of hydrogen-bond acceptors (Lipinski definition) is 2. The second kappa shape index (κ2) is 3.62. The minimum atomic E-state index is -1.24. The highest BCUT2D eigenvalue weighted by atomic mass is 35.5. The second-order valence-corrected chi connectivity index (χ2v) is 3.44. The SMILES string of the molecule is Nc1c(Cl)c(Cl)cc(Cl)c1C(=O)O. The van der Waals surface area contributed by atoms with E-state index in [2.05, 4.69) is 0 Å². The average Bonchev–Trinajstić information content (AvgIpc) is 1.99. The van der Waals surface area contributed by atoms with E-state index in [1.807, 2.05) is 0 Å². The summed E-state index contributed by atoms with van der Waals surface area (Å²) in [5.41, 5.74) is 5.06. The Morgan fingerprint density at radius 2 is 1.85 bits per heavy atom. The summed E-state index contributed by atoms with van der Waals surface area (Å²) in [6, 6.07) is 1.24. The van der Waals surface area contributed by atoms with E-state index in [0.717, 1.165) is 0 Å². The van der Waals surface area contributed by atoms with Crippen LogP contribution in [0.3, 0.4) is 0 Å². The van der Waals surface area contributed by atoms with Gasteiger partial charge in [0.15, 0.2) is 0 Å². The van der Waals surface area contributed by atoms with Crippen LogP contribution in [0.5, 0.6) is 0 Å². The number of carboxylic acids is 1. The highest BCUT2D eigenvalue weighted by Crippen LogP contribution is 2.35. The average molecular weight is 240 g/mol. The smallest absolute Gasteiger partial charge is 0.339 e. The first-order chi connectivity index (χ1) is 5.95. The first kappa shape index (κ1) is 10.4. The van der Waals surface area contributed by atoms with Crippen molar-refractivity contribution < 1.29 is 9.90 Å². The van der Waals surface area contributed by atoms with Gasteiger partial charge in [-0.05, 0) is 6.07 Å². The van der Waals surface area contributed by atoms with Crippen molar-refractivity contribution in [3.63, 3.8) is 0 Å². The molecule has 1 aromatic rings. The van der Waals surface area contributed by atoms with Gasteiger partial charge in [-0.25, -0.2) is 4.79 Å². The second-order valence-electron chi connectivity index (χ2n) is 2.25. The quantitative estimate of drug-likeness (QED) is 0.586. The van der Waals surface area contributed by atoms with Crippen LogP contribution in [-0.4, -0.2) is 11.1 Å². The van der Waals surface area contributed by atoms with E-state index >= 15 is 0 Å². The largest absolute Gasteiger partial charge is 0.478 e. The maximum absolute atomic E-state index is 10.6. The third-order valence-electron chi connectivity index (χ3n) is 1.42. The standard InChI is InChI=1S/C7H4Cl3NO2/c8-2-1-3(9)5(10)6(11)4(2)7(12)13/h1H,11H2,(H,12,13). The molecule has 3 N–H and O–H groups in total. The van der Waals surface area contributed by atoms with Crippen molar-refractivity contribution in [3.8, 4) is 0 Å². The summed E-state index contributed by atoms with van der Waals surface area (Å²) in [7, 11) is 0. The molecular weight excluding hydrogens is 236 g/mol. The molecule has 0 aliphatic carbocycles. The monoisotopic (exact) mass is 239 g/mol. The normalized spacial score (nSPS) is 10.1. The summed E-state index contributed by atoms with van der Waals surface area (Å²) >= 11 is 16.8. The molecule has 70 valence electrons. The van der Waals surface area contributed by atoms with Crippen LogP contribution in [0.4, 0.5) is 5.69 Å². The van der Waals surface area contributed by atoms with Crippen molar-refractivity contribution in [2.45, 2.75) is 0 Å². The highest BCUT2D eigenvalue weighted by Gasteiger charge is 2.17. The Morgan fingerprint density at radius 1 is 1.31 bits per heavy atom. The number of carbonyl (C=O) groups is 1. The summed E-state index contributed by atoms with van der Waals surface area (Å²) in [5.74, 6) is -1.24. The van der Waals surface area contributed by atoms with Crippen molar-refractivity contribution in [3.05, 3.63) is 26.7 Å². The van der Waals surface area contributed by atoms with Crippen molar-refractivity contribution in [2.75, 3.05) is 5.73 Å². The van der Waals surface area contributed by atoms with E-state index in [9.17, 15) is 4.79 Å². The van der Waals surface area contributed by atoms with Crippen LogP contribution in [-0.2, 0) is 0 Å². The zero-order valence-electron chi connectivity index (χ0n) is 6.14. The van der Waals surface area contributed by atoms with E-state index in [4.69, 9.17) is 45.6 Å². The van der Waals surface area contributed by atoms with Gasteiger partial charge in [-0.3, -0.25) is 0 Å².